The number of amides is 2. The van der Waals surface area contributed by atoms with Gasteiger partial charge in [0.25, 0.3) is 5.91 Å². The Balaban J connectivity index is 1.61. The van der Waals surface area contributed by atoms with Gasteiger partial charge >= 0.3 is 5.97 Å². The largest absolute Gasteiger partial charge is 0.482 e. The molecule has 29 heavy (non-hydrogen) atoms. The van der Waals surface area contributed by atoms with Crippen LogP contribution in [0, 0.1) is 0 Å². The van der Waals surface area contributed by atoms with Gasteiger partial charge in [0.2, 0.25) is 5.91 Å². The van der Waals surface area contributed by atoms with Crippen molar-refractivity contribution < 1.29 is 23.9 Å². The van der Waals surface area contributed by atoms with Gasteiger partial charge in [0.15, 0.2) is 13.2 Å². The van der Waals surface area contributed by atoms with Crippen molar-refractivity contribution in [3.8, 4) is 5.75 Å². The highest BCUT2D eigenvalue weighted by molar-refractivity contribution is 6.05. The van der Waals surface area contributed by atoms with Crippen molar-refractivity contribution in [1.29, 1.82) is 0 Å². The molecule has 1 aliphatic rings. The lowest BCUT2D eigenvalue weighted by Crippen LogP contribution is -2.41. The first-order valence-corrected chi connectivity index (χ1v) is 9.57. The van der Waals surface area contributed by atoms with E-state index in [4.69, 9.17) is 9.47 Å². The maximum atomic E-state index is 12.8. The van der Waals surface area contributed by atoms with Crippen LogP contribution in [0.2, 0.25) is 0 Å². The molecule has 2 aromatic rings. The highest BCUT2D eigenvalue weighted by Gasteiger charge is 2.30. The topological polar surface area (TPSA) is 84.9 Å². The summed E-state index contributed by atoms with van der Waals surface area (Å²) in [6, 6.07) is 14.1. The fourth-order valence-corrected chi connectivity index (χ4v) is 3.29. The second-order valence-electron chi connectivity index (χ2n) is 6.79. The molecule has 0 aliphatic carbocycles. The molecular weight excluding hydrogens is 372 g/mol. The monoisotopic (exact) mass is 396 g/mol. The second kappa shape index (κ2) is 9.23. The lowest BCUT2D eigenvalue weighted by Gasteiger charge is -2.27. The van der Waals surface area contributed by atoms with Crippen LogP contribution in [0.5, 0.6) is 5.75 Å². The zero-order valence-corrected chi connectivity index (χ0v) is 16.5. The number of rotatable bonds is 6. The number of nitrogens with zero attached hydrogens (tertiary/aromatic N) is 1. The Morgan fingerprint density at radius 2 is 1.83 bits per heavy atom. The van der Waals surface area contributed by atoms with Gasteiger partial charge in [-0.3, -0.25) is 9.59 Å². The Bertz CT molecular complexity index is 912. The number of benzene rings is 2. The Kier molecular flexibility index (Phi) is 6.49. The number of hydrogen-bond acceptors (Lipinski definition) is 5. The first-order chi connectivity index (χ1) is 14.0. The molecule has 0 saturated carbocycles. The van der Waals surface area contributed by atoms with E-state index in [-0.39, 0.29) is 25.0 Å². The highest BCUT2D eigenvalue weighted by Crippen LogP contribution is 2.31. The second-order valence-corrected chi connectivity index (χ2v) is 6.79. The summed E-state index contributed by atoms with van der Waals surface area (Å²) in [5, 5.41) is 2.79. The molecule has 0 saturated heterocycles. The van der Waals surface area contributed by atoms with Gasteiger partial charge in [0, 0.05) is 12.5 Å². The number of nitrogens with one attached hydrogen (secondary N) is 1. The Labute approximate surface area is 169 Å². The van der Waals surface area contributed by atoms with Crippen LogP contribution >= 0.6 is 0 Å². The van der Waals surface area contributed by atoms with Gasteiger partial charge in [0.05, 0.1) is 11.4 Å². The number of para-hydroxylation sites is 3. The number of carbonyl (C=O) groups excluding carboxylic acids is 3. The van der Waals surface area contributed by atoms with Crippen molar-refractivity contribution in [2.75, 3.05) is 23.4 Å². The average Bonchev–Trinajstić information content (AvgIpc) is 2.84. The van der Waals surface area contributed by atoms with Crippen LogP contribution in [-0.4, -0.2) is 37.0 Å². The Hall–Kier alpha value is -3.35. The van der Waals surface area contributed by atoms with Crippen molar-refractivity contribution in [1.82, 2.24) is 0 Å². The van der Waals surface area contributed by atoms with E-state index >= 15 is 0 Å². The first kappa shape index (κ1) is 20.4. The molecule has 1 heterocycles. The zero-order chi connectivity index (χ0) is 20.8. The summed E-state index contributed by atoms with van der Waals surface area (Å²) in [6.07, 6.45) is 0.938. The molecule has 7 heteroatoms. The van der Waals surface area contributed by atoms with Gasteiger partial charge < -0.3 is 19.7 Å². The number of fused-ring (bicyclic) bond motifs is 1. The molecule has 3 rings (SSSR count). The van der Waals surface area contributed by atoms with Gasteiger partial charge in [0.1, 0.15) is 5.75 Å². The summed E-state index contributed by atoms with van der Waals surface area (Å²) in [6.45, 7) is 3.08. The molecule has 0 radical (unpaired) electrons. The molecule has 0 spiro atoms. The first-order valence-electron chi connectivity index (χ1n) is 9.57. The van der Waals surface area contributed by atoms with Crippen molar-refractivity contribution in [2.24, 2.45) is 0 Å². The maximum absolute atomic E-state index is 12.8. The van der Waals surface area contributed by atoms with Crippen LogP contribution in [0.15, 0.2) is 48.5 Å². The van der Waals surface area contributed by atoms with Crippen LogP contribution in [0.25, 0.3) is 0 Å². The lowest BCUT2D eigenvalue weighted by atomic mass is 10.1. The zero-order valence-electron chi connectivity index (χ0n) is 16.5. The van der Waals surface area contributed by atoms with Crippen molar-refractivity contribution >= 4 is 29.2 Å². The van der Waals surface area contributed by atoms with Gasteiger partial charge in [-0.05, 0) is 37.1 Å². The average molecular weight is 396 g/mol. The van der Waals surface area contributed by atoms with Gasteiger partial charge in [-0.2, -0.15) is 0 Å². The van der Waals surface area contributed by atoms with Gasteiger partial charge in [-0.25, -0.2) is 4.79 Å². The van der Waals surface area contributed by atoms with E-state index in [2.05, 4.69) is 5.32 Å². The minimum absolute atomic E-state index is 0.158. The van der Waals surface area contributed by atoms with Crippen LogP contribution in [-0.2, 0) is 25.5 Å². The predicted molar refractivity (Wildman–Crippen MR) is 109 cm³/mol. The third-order valence-corrected chi connectivity index (χ3v) is 4.68. The summed E-state index contributed by atoms with van der Waals surface area (Å²) in [7, 11) is 0. The van der Waals surface area contributed by atoms with E-state index < -0.39 is 18.5 Å². The number of carbonyl (C=O) groups is 3. The molecule has 2 amide bonds. The van der Waals surface area contributed by atoms with E-state index in [0.717, 1.165) is 12.0 Å². The number of aryl methyl sites for hydroxylation is 1. The number of hydrogen-bond donors (Lipinski definition) is 1. The number of anilines is 2. The van der Waals surface area contributed by atoms with Crippen LogP contribution in [0.4, 0.5) is 11.4 Å². The van der Waals surface area contributed by atoms with Gasteiger partial charge in [-0.1, -0.05) is 37.3 Å². The Morgan fingerprint density at radius 3 is 2.62 bits per heavy atom. The molecule has 1 aliphatic heterocycles. The van der Waals surface area contributed by atoms with Crippen molar-refractivity contribution in [3.05, 3.63) is 54.1 Å². The highest BCUT2D eigenvalue weighted by atomic mass is 16.6. The summed E-state index contributed by atoms with van der Waals surface area (Å²) in [5.74, 6) is -0.573. The summed E-state index contributed by atoms with van der Waals surface area (Å²) in [4.78, 5) is 38.3. The molecule has 2 aromatic carbocycles. The lowest BCUT2D eigenvalue weighted by molar-refractivity contribution is -0.150. The van der Waals surface area contributed by atoms with Crippen molar-refractivity contribution in [3.63, 3.8) is 0 Å². The molecule has 0 bridgehead atoms. The smallest absolute Gasteiger partial charge is 0.344 e. The van der Waals surface area contributed by atoms with Crippen molar-refractivity contribution in [2.45, 2.75) is 32.7 Å². The summed E-state index contributed by atoms with van der Waals surface area (Å²) >= 11 is 0. The molecule has 1 atom stereocenters. The molecule has 0 aromatic heterocycles. The molecule has 1 unspecified atom stereocenters. The third-order valence-electron chi connectivity index (χ3n) is 4.68. The summed E-state index contributed by atoms with van der Waals surface area (Å²) < 4.78 is 10.6. The molecule has 152 valence electrons. The van der Waals surface area contributed by atoms with E-state index in [0.29, 0.717) is 17.1 Å². The van der Waals surface area contributed by atoms with Crippen LogP contribution in [0.1, 0.15) is 25.8 Å². The van der Waals surface area contributed by atoms with Crippen LogP contribution in [0.3, 0.4) is 0 Å². The predicted octanol–water partition coefficient (Wildman–Crippen LogP) is 2.93. The Morgan fingerprint density at radius 1 is 1.10 bits per heavy atom. The SMILES string of the molecule is CCc1ccccc1OCC(=O)OCC(=O)N1c2ccccc2NC(=O)CC1C. The fraction of sp³-hybridized carbons (Fsp3) is 0.318. The third kappa shape index (κ3) is 4.93. The molecular formula is C22H24N2O5. The van der Waals surface area contributed by atoms with E-state index in [1.165, 1.54) is 4.90 Å². The number of ether oxygens (including phenoxy) is 2. The standard InChI is InChI=1S/C22H24N2O5/c1-3-16-8-4-7-11-19(16)28-14-22(27)29-13-21(26)24-15(2)12-20(25)23-17-9-5-6-10-18(17)24/h4-11,15H,3,12-14H2,1-2H3,(H,23,25). The van der Waals surface area contributed by atoms with Gasteiger partial charge in [-0.15, -0.1) is 0 Å². The quantitative estimate of drug-likeness (QED) is 0.759. The molecule has 1 N–H and O–H groups in total. The number of esters is 1. The minimum Gasteiger partial charge on any atom is -0.482 e. The fourth-order valence-electron chi connectivity index (χ4n) is 3.29. The van der Waals surface area contributed by atoms with E-state index in [9.17, 15) is 14.4 Å². The molecule has 7 nitrogen and oxygen atoms in total. The summed E-state index contributed by atoms with van der Waals surface area (Å²) in [5.41, 5.74) is 2.13. The minimum atomic E-state index is -0.630. The molecule has 0 fully saturated rings. The normalized spacial score (nSPS) is 15.7. The van der Waals surface area contributed by atoms with Crippen LogP contribution < -0.4 is 15.0 Å². The van der Waals surface area contributed by atoms with E-state index in [1.54, 1.807) is 37.3 Å². The van der Waals surface area contributed by atoms with E-state index in [1.807, 2.05) is 25.1 Å². The maximum Gasteiger partial charge on any atom is 0.344 e.